The molecule has 0 radical (unpaired) electrons. The van der Waals surface area contributed by atoms with Crippen LogP contribution in [0, 0.1) is 0 Å². The van der Waals surface area contributed by atoms with E-state index in [1.165, 1.54) is 29.2 Å². The molecule has 0 aromatic heterocycles. The minimum atomic E-state index is -4.20. The summed E-state index contributed by atoms with van der Waals surface area (Å²) in [5, 5.41) is 3.84. The Bertz CT molecular complexity index is 1420. The molecule has 0 saturated heterocycles. The number of anilines is 1. The molecule has 0 aliphatic carbocycles. The van der Waals surface area contributed by atoms with Gasteiger partial charge < -0.3 is 15.0 Å². The van der Waals surface area contributed by atoms with Crippen LogP contribution >= 0.6 is 23.2 Å². The topological polar surface area (TPSA) is 96.0 Å². The summed E-state index contributed by atoms with van der Waals surface area (Å²) < 4.78 is 34.5. The predicted octanol–water partition coefficient (Wildman–Crippen LogP) is 6.31. The van der Waals surface area contributed by atoms with Crippen molar-refractivity contribution in [3.63, 3.8) is 0 Å². The van der Waals surface area contributed by atoms with Gasteiger partial charge in [0.1, 0.15) is 18.3 Å². The van der Waals surface area contributed by atoms with Gasteiger partial charge in [-0.3, -0.25) is 13.9 Å². The minimum absolute atomic E-state index is 0.0258. The lowest BCUT2D eigenvalue weighted by Crippen LogP contribution is -2.52. The highest BCUT2D eigenvalue weighted by Crippen LogP contribution is 2.27. The maximum atomic E-state index is 14.1. The van der Waals surface area contributed by atoms with E-state index >= 15 is 0 Å². The number of sulfonamides is 1. The smallest absolute Gasteiger partial charge is 0.264 e. The van der Waals surface area contributed by atoms with Gasteiger partial charge in [0.15, 0.2) is 0 Å². The molecule has 3 aromatic carbocycles. The third kappa shape index (κ3) is 8.86. The van der Waals surface area contributed by atoms with Crippen molar-refractivity contribution in [1.29, 1.82) is 0 Å². The van der Waals surface area contributed by atoms with Crippen LogP contribution in [0.15, 0.2) is 77.7 Å². The highest BCUT2D eigenvalue weighted by Gasteiger charge is 2.33. The molecule has 3 aromatic rings. The van der Waals surface area contributed by atoms with Gasteiger partial charge in [0.2, 0.25) is 11.8 Å². The number of benzene rings is 3. The maximum absolute atomic E-state index is 14.1. The molecule has 2 amide bonds. The molecule has 1 unspecified atom stereocenters. The van der Waals surface area contributed by atoms with Crippen molar-refractivity contribution in [2.45, 2.75) is 57.5 Å². The minimum Gasteiger partial charge on any atom is -0.494 e. The van der Waals surface area contributed by atoms with E-state index in [0.29, 0.717) is 35.4 Å². The van der Waals surface area contributed by atoms with E-state index in [-0.39, 0.29) is 23.0 Å². The van der Waals surface area contributed by atoms with Gasteiger partial charge in [-0.15, -0.1) is 0 Å². The Labute approximate surface area is 258 Å². The van der Waals surface area contributed by atoms with E-state index in [1.807, 2.05) is 20.8 Å². The van der Waals surface area contributed by atoms with E-state index < -0.39 is 28.5 Å². The molecule has 0 spiro atoms. The average Bonchev–Trinajstić information content (AvgIpc) is 2.97. The number of hydrogen-bond donors (Lipinski definition) is 1. The van der Waals surface area contributed by atoms with E-state index in [4.69, 9.17) is 27.9 Å². The second-order valence-electron chi connectivity index (χ2n) is 9.61. The highest BCUT2D eigenvalue weighted by atomic mass is 35.5. The van der Waals surface area contributed by atoms with Gasteiger partial charge in [-0.2, -0.15) is 0 Å². The molecule has 1 atom stereocenters. The van der Waals surface area contributed by atoms with E-state index in [9.17, 15) is 18.0 Å². The average molecular weight is 635 g/mol. The Morgan fingerprint density at radius 2 is 1.48 bits per heavy atom. The van der Waals surface area contributed by atoms with Gasteiger partial charge in [-0.1, -0.05) is 55.6 Å². The summed E-state index contributed by atoms with van der Waals surface area (Å²) in [6.07, 6.45) is 2.05. The summed E-state index contributed by atoms with van der Waals surface area (Å²) in [4.78, 5) is 28.8. The molecule has 0 saturated carbocycles. The summed E-state index contributed by atoms with van der Waals surface area (Å²) in [7, 11) is -4.20. The number of halogens is 2. The first kappa shape index (κ1) is 33.2. The number of hydrogen-bond acceptors (Lipinski definition) is 5. The Morgan fingerprint density at radius 3 is 2.02 bits per heavy atom. The van der Waals surface area contributed by atoms with Crippen LogP contribution in [0.5, 0.6) is 5.75 Å². The second-order valence-corrected chi connectivity index (χ2v) is 12.3. The Kier molecular flexibility index (Phi) is 12.5. The number of rotatable bonds is 15. The number of ether oxygens (including phenoxy) is 1. The summed E-state index contributed by atoms with van der Waals surface area (Å²) in [5.41, 5.74) is 1.02. The molecule has 0 heterocycles. The standard InChI is InChI=1S/C31H37Cl2N3O5S/c1-4-7-20-34-31(38)29(5-2)35(21-23-8-10-24(32)11-9-23)30(37)22-36(26-14-16-27(17-15-26)41-6-3)42(39,40)28-18-12-25(33)13-19-28/h8-19,29H,4-7,20-22H2,1-3H3,(H,34,38). The summed E-state index contributed by atoms with van der Waals surface area (Å²) in [6, 6.07) is 18.4. The van der Waals surface area contributed by atoms with E-state index in [0.717, 1.165) is 22.7 Å². The van der Waals surface area contributed by atoms with Gasteiger partial charge in [0, 0.05) is 23.1 Å². The van der Waals surface area contributed by atoms with Crippen molar-refractivity contribution >= 4 is 50.7 Å². The molecule has 11 heteroatoms. The van der Waals surface area contributed by atoms with Crippen LogP contribution < -0.4 is 14.4 Å². The highest BCUT2D eigenvalue weighted by molar-refractivity contribution is 7.92. The number of carbonyl (C=O) groups is 2. The molecule has 3 rings (SSSR count). The van der Waals surface area contributed by atoms with Crippen LogP contribution in [0.25, 0.3) is 0 Å². The number of nitrogens with zero attached hydrogens (tertiary/aromatic N) is 2. The van der Waals surface area contributed by atoms with Crippen molar-refractivity contribution in [3.05, 3.63) is 88.4 Å². The van der Waals surface area contributed by atoms with Crippen molar-refractivity contribution < 1.29 is 22.7 Å². The van der Waals surface area contributed by atoms with Crippen LogP contribution in [0.4, 0.5) is 5.69 Å². The molecule has 1 N–H and O–H groups in total. The van der Waals surface area contributed by atoms with E-state index in [1.54, 1.807) is 48.5 Å². The van der Waals surface area contributed by atoms with Crippen molar-refractivity contribution in [1.82, 2.24) is 10.2 Å². The lowest BCUT2D eigenvalue weighted by molar-refractivity contribution is -0.140. The maximum Gasteiger partial charge on any atom is 0.264 e. The molecule has 8 nitrogen and oxygen atoms in total. The van der Waals surface area contributed by atoms with Crippen molar-refractivity contribution in [2.75, 3.05) is 24.0 Å². The molecular weight excluding hydrogens is 597 g/mol. The Balaban J connectivity index is 2.03. The fraction of sp³-hybridized carbons (Fsp3) is 0.355. The van der Waals surface area contributed by atoms with Crippen LogP contribution in [0.2, 0.25) is 10.0 Å². The SMILES string of the molecule is CCCCNC(=O)C(CC)N(Cc1ccc(Cl)cc1)C(=O)CN(c1ccc(OCC)cc1)S(=O)(=O)c1ccc(Cl)cc1. The lowest BCUT2D eigenvalue weighted by Gasteiger charge is -2.33. The first-order chi connectivity index (χ1) is 20.1. The fourth-order valence-corrected chi connectivity index (χ4v) is 6.02. The zero-order valence-corrected chi connectivity index (χ0v) is 26.4. The quantitative estimate of drug-likeness (QED) is 0.198. The predicted molar refractivity (Wildman–Crippen MR) is 168 cm³/mol. The van der Waals surface area contributed by atoms with Gasteiger partial charge in [0.25, 0.3) is 10.0 Å². The number of nitrogens with one attached hydrogen (secondary N) is 1. The number of amides is 2. The van der Waals surface area contributed by atoms with E-state index in [2.05, 4.69) is 5.32 Å². The van der Waals surface area contributed by atoms with Crippen LogP contribution in [-0.4, -0.2) is 50.9 Å². The fourth-order valence-electron chi connectivity index (χ4n) is 4.35. The lowest BCUT2D eigenvalue weighted by atomic mass is 10.1. The number of unbranched alkanes of at least 4 members (excludes halogenated alkanes) is 1. The number of carbonyl (C=O) groups excluding carboxylic acids is 2. The normalized spacial score (nSPS) is 11.9. The van der Waals surface area contributed by atoms with Gasteiger partial charge in [-0.05, 0) is 86.0 Å². The zero-order chi connectivity index (χ0) is 30.7. The summed E-state index contributed by atoms with van der Waals surface area (Å²) in [5.74, 6) is -0.258. The Morgan fingerprint density at radius 1 is 0.881 bits per heavy atom. The van der Waals surface area contributed by atoms with Gasteiger partial charge in [-0.25, -0.2) is 8.42 Å². The summed E-state index contributed by atoms with van der Waals surface area (Å²) in [6.45, 7) is 6.18. The molecular formula is C31H37Cl2N3O5S. The first-order valence-electron chi connectivity index (χ1n) is 13.9. The van der Waals surface area contributed by atoms with Crippen LogP contribution in [0.1, 0.15) is 45.6 Å². The molecule has 0 aliphatic heterocycles. The molecule has 42 heavy (non-hydrogen) atoms. The van der Waals surface area contributed by atoms with Crippen LogP contribution in [-0.2, 0) is 26.2 Å². The zero-order valence-electron chi connectivity index (χ0n) is 24.1. The van der Waals surface area contributed by atoms with Crippen molar-refractivity contribution in [2.24, 2.45) is 0 Å². The molecule has 226 valence electrons. The molecule has 0 bridgehead atoms. The van der Waals surface area contributed by atoms with Crippen LogP contribution in [0.3, 0.4) is 0 Å². The second kappa shape index (κ2) is 15.8. The molecule has 0 fully saturated rings. The third-order valence-corrected chi connectivity index (χ3v) is 8.89. The Hall–Kier alpha value is -3.27. The van der Waals surface area contributed by atoms with Gasteiger partial charge in [0.05, 0.1) is 17.2 Å². The third-order valence-electron chi connectivity index (χ3n) is 6.60. The largest absolute Gasteiger partial charge is 0.494 e. The summed E-state index contributed by atoms with van der Waals surface area (Å²) >= 11 is 12.1. The van der Waals surface area contributed by atoms with Crippen molar-refractivity contribution in [3.8, 4) is 5.75 Å². The molecule has 0 aliphatic rings. The monoisotopic (exact) mass is 633 g/mol. The first-order valence-corrected chi connectivity index (χ1v) is 16.1. The van der Waals surface area contributed by atoms with Gasteiger partial charge >= 0.3 is 0 Å².